The zero-order valence-corrected chi connectivity index (χ0v) is 21.5. The van der Waals surface area contributed by atoms with Crippen LogP contribution < -0.4 is 10.2 Å². The molecule has 6 heteroatoms. The molecule has 0 aromatic heterocycles. The van der Waals surface area contributed by atoms with E-state index in [9.17, 15) is 14.9 Å². The molecule has 182 valence electrons. The highest BCUT2D eigenvalue weighted by Gasteiger charge is 2.41. The van der Waals surface area contributed by atoms with Crippen LogP contribution in [0.15, 0.2) is 89.5 Å². The van der Waals surface area contributed by atoms with E-state index < -0.39 is 11.2 Å². The van der Waals surface area contributed by atoms with Crippen LogP contribution in [0.5, 0.6) is 0 Å². The van der Waals surface area contributed by atoms with Crippen molar-refractivity contribution in [2.24, 2.45) is 0 Å². The Morgan fingerprint density at radius 2 is 1.78 bits per heavy atom. The van der Waals surface area contributed by atoms with Gasteiger partial charge in [0.2, 0.25) is 5.91 Å². The van der Waals surface area contributed by atoms with Crippen molar-refractivity contribution in [3.05, 3.63) is 112 Å². The molecule has 3 aromatic rings. The molecule has 0 bridgehead atoms. The third-order valence-corrected chi connectivity index (χ3v) is 7.52. The molecule has 0 spiro atoms. The minimum atomic E-state index is -0.490. The summed E-state index contributed by atoms with van der Waals surface area (Å²) in [5, 5.41) is 12.9. The lowest BCUT2D eigenvalue weighted by Gasteiger charge is -2.20. The first-order valence-corrected chi connectivity index (χ1v) is 12.9. The molecule has 1 saturated heterocycles. The van der Waals surface area contributed by atoms with Gasteiger partial charge in [-0.25, -0.2) is 0 Å². The lowest BCUT2D eigenvalue weighted by Crippen LogP contribution is -2.32. The summed E-state index contributed by atoms with van der Waals surface area (Å²) in [6, 6.07) is 27.2. The maximum atomic E-state index is 13.7. The summed E-state index contributed by atoms with van der Waals surface area (Å²) in [4.78, 5) is 28.5. The molecule has 1 fully saturated rings. The lowest BCUT2D eigenvalue weighted by molar-refractivity contribution is -0.117. The fourth-order valence-corrected chi connectivity index (χ4v) is 5.56. The number of hydrogen-bond acceptors (Lipinski definition) is 4. The highest BCUT2D eigenvalue weighted by Crippen LogP contribution is 2.42. The van der Waals surface area contributed by atoms with Crippen LogP contribution in [0.25, 0.3) is 0 Å². The number of nitriles is 1. The smallest absolute Gasteiger partial charge is 0.265 e. The van der Waals surface area contributed by atoms with E-state index in [1.165, 1.54) is 16.7 Å². The van der Waals surface area contributed by atoms with Crippen LogP contribution in [0, 0.1) is 18.3 Å². The van der Waals surface area contributed by atoms with Crippen molar-refractivity contribution in [1.29, 1.82) is 5.26 Å². The second kappa shape index (κ2) is 11.3. The molecule has 0 radical (unpaired) electrons. The molecule has 1 N–H and O–H groups in total. The van der Waals surface area contributed by atoms with Gasteiger partial charge in [0.05, 0.1) is 11.3 Å². The number of aryl methyl sites for hydroxylation is 2. The van der Waals surface area contributed by atoms with Crippen molar-refractivity contribution in [3.63, 3.8) is 0 Å². The van der Waals surface area contributed by atoms with Gasteiger partial charge in [-0.1, -0.05) is 91.0 Å². The number of carbonyl (C=O) groups excluding carboxylic acids is 2. The van der Waals surface area contributed by atoms with E-state index in [0.717, 1.165) is 28.7 Å². The number of hydrogen-bond donors (Lipinski definition) is 1. The Hall–Kier alpha value is -3.82. The number of thioether (sulfide) groups is 1. The standard InChI is InChI=1S/C30H29N3O2S/c1-4-22-13-15-25(16-14-22)33-29(35)27(18-23-10-8-9-20(2)17-23)36-30(33)26(19-31)28(34)32-21(3)24-11-6-5-7-12-24/h5-17,21,27H,4,18H2,1-3H3,(H,32,34)/b30-26-. The zero-order valence-electron chi connectivity index (χ0n) is 20.7. The number of nitrogens with zero attached hydrogens (tertiary/aromatic N) is 2. The summed E-state index contributed by atoms with van der Waals surface area (Å²) >= 11 is 1.29. The number of carbonyl (C=O) groups is 2. The van der Waals surface area contributed by atoms with Crippen molar-refractivity contribution in [2.45, 2.75) is 44.9 Å². The summed E-state index contributed by atoms with van der Waals surface area (Å²) < 4.78 is 0. The fourth-order valence-electron chi connectivity index (χ4n) is 4.25. The second-order valence-corrected chi connectivity index (χ2v) is 10.1. The van der Waals surface area contributed by atoms with Gasteiger partial charge < -0.3 is 5.32 Å². The normalized spacial score (nSPS) is 17.4. The Morgan fingerprint density at radius 1 is 1.06 bits per heavy atom. The minimum Gasteiger partial charge on any atom is -0.345 e. The molecule has 2 atom stereocenters. The first-order valence-electron chi connectivity index (χ1n) is 12.1. The van der Waals surface area contributed by atoms with Gasteiger partial charge in [-0.15, -0.1) is 0 Å². The van der Waals surface area contributed by atoms with Crippen molar-refractivity contribution in [2.75, 3.05) is 4.90 Å². The van der Waals surface area contributed by atoms with Crippen molar-refractivity contribution >= 4 is 29.3 Å². The fraction of sp³-hybridized carbons (Fsp3) is 0.233. The van der Waals surface area contributed by atoms with Crippen LogP contribution >= 0.6 is 11.8 Å². The van der Waals surface area contributed by atoms with Gasteiger partial charge in [0.25, 0.3) is 5.91 Å². The van der Waals surface area contributed by atoms with Gasteiger partial charge in [-0.3, -0.25) is 14.5 Å². The Morgan fingerprint density at radius 3 is 2.42 bits per heavy atom. The SMILES string of the molecule is CCc1ccc(N2C(=O)C(Cc3cccc(C)c3)S/C2=C(/C#N)C(=O)NC(C)c2ccccc2)cc1. The van der Waals surface area contributed by atoms with Gasteiger partial charge in [0.15, 0.2) is 0 Å². The van der Waals surface area contributed by atoms with Crippen molar-refractivity contribution in [3.8, 4) is 6.07 Å². The van der Waals surface area contributed by atoms with Gasteiger partial charge >= 0.3 is 0 Å². The monoisotopic (exact) mass is 495 g/mol. The number of benzene rings is 3. The van der Waals surface area contributed by atoms with Crippen LogP contribution in [0.3, 0.4) is 0 Å². The summed E-state index contributed by atoms with van der Waals surface area (Å²) in [6.07, 6.45) is 1.39. The van der Waals surface area contributed by atoms with E-state index in [1.54, 1.807) is 0 Å². The molecule has 2 unspecified atom stereocenters. The van der Waals surface area contributed by atoms with Crippen molar-refractivity contribution < 1.29 is 9.59 Å². The lowest BCUT2D eigenvalue weighted by atomic mass is 10.1. The third kappa shape index (κ3) is 5.53. The number of nitrogens with one attached hydrogen (secondary N) is 1. The molecule has 1 aliphatic heterocycles. The van der Waals surface area contributed by atoms with Crippen molar-refractivity contribution in [1.82, 2.24) is 5.32 Å². The largest absolute Gasteiger partial charge is 0.345 e. The molecule has 36 heavy (non-hydrogen) atoms. The number of anilines is 1. The Labute approximate surface area is 216 Å². The summed E-state index contributed by atoms with van der Waals surface area (Å²) in [6.45, 7) is 5.97. The van der Waals surface area contributed by atoms with E-state index in [4.69, 9.17) is 0 Å². The predicted octanol–water partition coefficient (Wildman–Crippen LogP) is 5.86. The van der Waals surface area contributed by atoms with Crippen LogP contribution in [0.2, 0.25) is 0 Å². The average molecular weight is 496 g/mol. The van der Waals surface area contributed by atoms with Gasteiger partial charge in [-0.2, -0.15) is 5.26 Å². The first kappa shape index (κ1) is 25.3. The van der Waals surface area contributed by atoms with Crippen LogP contribution in [-0.4, -0.2) is 17.1 Å². The van der Waals surface area contributed by atoms with Gasteiger partial charge in [0, 0.05) is 5.69 Å². The van der Waals surface area contributed by atoms with Crippen LogP contribution in [0.4, 0.5) is 5.69 Å². The third-order valence-electron chi connectivity index (χ3n) is 6.26. The van der Waals surface area contributed by atoms with E-state index >= 15 is 0 Å². The maximum Gasteiger partial charge on any atom is 0.265 e. The summed E-state index contributed by atoms with van der Waals surface area (Å²) in [5.74, 6) is -0.618. The molecule has 0 saturated carbocycles. The van der Waals surface area contributed by atoms with Gasteiger partial charge in [-0.05, 0) is 55.5 Å². The molecule has 0 aliphatic carbocycles. The zero-order chi connectivity index (χ0) is 25.7. The Balaban J connectivity index is 1.70. The van der Waals surface area contributed by atoms with E-state index in [1.807, 2.05) is 86.6 Å². The second-order valence-electron chi connectivity index (χ2n) is 8.89. The van der Waals surface area contributed by atoms with E-state index in [-0.39, 0.29) is 17.5 Å². The molecule has 1 aliphatic rings. The number of amides is 2. The molecule has 5 nitrogen and oxygen atoms in total. The van der Waals surface area contributed by atoms with Gasteiger partial charge in [0.1, 0.15) is 16.7 Å². The highest BCUT2D eigenvalue weighted by molar-refractivity contribution is 8.05. The molecule has 1 heterocycles. The van der Waals surface area contributed by atoms with Crippen LogP contribution in [0.1, 0.15) is 42.1 Å². The summed E-state index contributed by atoms with van der Waals surface area (Å²) in [7, 11) is 0. The molecular formula is C30H29N3O2S. The highest BCUT2D eigenvalue weighted by atomic mass is 32.2. The van der Waals surface area contributed by atoms with E-state index in [0.29, 0.717) is 17.1 Å². The molecule has 3 aromatic carbocycles. The Kier molecular flexibility index (Phi) is 7.92. The van der Waals surface area contributed by atoms with E-state index in [2.05, 4.69) is 24.4 Å². The first-order chi connectivity index (χ1) is 17.4. The average Bonchev–Trinajstić information content (AvgIpc) is 3.20. The molecule has 4 rings (SSSR count). The summed E-state index contributed by atoms with van der Waals surface area (Å²) in [5.41, 5.74) is 4.86. The number of rotatable bonds is 7. The molecular weight excluding hydrogens is 466 g/mol. The minimum absolute atomic E-state index is 0.0533. The quantitative estimate of drug-likeness (QED) is 0.329. The molecule has 2 amide bonds. The topological polar surface area (TPSA) is 73.2 Å². The maximum absolute atomic E-state index is 13.7. The Bertz CT molecular complexity index is 1330. The van der Waals surface area contributed by atoms with Crippen LogP contribution in [-0.2, 0) is 22.4 Å². The predicted molar refractivity (Wildman–Crippen MR) is 145 cm³/mol.